The summed E-state index contributed by atoms with van der Waals surface area (Å²) in [7, 11) is 0. The summed E-state index contributed by atoms with van der Waals surface area (Å²) in [5.41, 5.74) is 8.20. The number of carbonyl (C=O) groups excluding carboxylic acids is 2. The summed E-state index contributed by atoms with van der Waals surface area (Å²) in [4.78, 5) is 40.0. The molecule has 216 valence electrons. The van der Waals surface area contributed by atoms with Crippen LogP contribution in [0.15, 0.2) is 67.1 Å². The lowest BCUT2D eigenvalue weighted by Crippen LogP contribution is -2.42. The van der Waals surface area contributed by atoms with Crippen molar-refractivity contribution in [1.29, 1.82) is 0 Å². The van der Waals surface area contributed by atoms with Crippen LogP contribution in [0.3, 0.4) is 0 Å². The fourth-order valence-electron chi connectivity index (χ4n) is 5.41. The molecule has 42 heavy (non-hydrogen) atoms. The van der Waals surface area contributed by atoms with Crippen LogP contribution >= 0.6 is 0 Å². The Kier molecular flexibility index (Phi) is 6.91. The molecule has 0 unspecified atom stereocenters. The Morgan fingerprint density at radius 3 is 2.50 bits per heavy atom. The first-order valence-corrected chi connectivity index (χ1v) is 13.7. The molecule has 2 fully saturated rings. The number of fused-ring (bicyclic) bond motifs is 1. The maximum Gasteiger partial charge on any atom is 0.421 e. The molecule has 1 atom stereocenters. The lowest BCUT2D eigenvalue weighted by atomic mass is 9.96. The summed E-state index contributed by atoms with van der Waals surface area (Å²) >= 11 is 0. The molecule has 1 saturated heterocycles. The topological polar surface area (TPSA) is 119 Å². The molecule has 3 N–H and O–H groups in total. The van der Waals surface area contributed by atoms with E-state index in [0.717, 1.165) is 12.8 Å². The van der Waals surface area contributed by atoms with E-state index in [1.54, 1.807) is 41.1 Å². The van der Waals surface area contributed by atoms with E-state index in [-0.39, 0.29) is 30.7 Å². The third kappa shape index (κ3) is 5.31. The number of piperidine rings is 1. The molecule has 4 heterocycles. The maximum absolute atomic E-state index is 13.1. The highest BCUT2D eigenvalue weighted by Gasteiger charge is 2.40. The second-order valence-electron chi connectivity index (χ2n) is 10.7. The number of nitrogens with zero attached hydrogens (tertiary/aromatic N) is 5. The quantitative estimate of drug-likeness (QED) is 0.300. The minimum absolute atomic E-state index is 0.0593. The van der Waals surface area contributed by atoms with Gasteiger partial charge in [-0.1, -0.05) is 18.7 Å². The molecule has 1 aromatic carbocycles. The number of anilines is 2. The molecule has 1 aliphatic carbocycles. The van der Waals surface area contributed by atoms with Gasteiger partial charge in [-0.05, 0) is 61.4 Å². The predicted molar refractivity (Wildman–Crippen MR) is 151 cm³/mol. The van der Waals surface area contributed by atoms with Crippen LogP contribution in [0.1, 0.15) is 59.3 Å². The van der Waals surface area contributed by atoms with Crippen molar-refractivity contribution in [3.8, 4) is 11.3 Å². The first kappa shape index (κ1) is 27.4. The monoisotopic (exact) mass is 575 g/mol. The predicted octanol–water partition coefficient (Wildman–Crippen LogP) is 5.33. The van der Waals surface area contributed by atoms with Gasteiger partial charge in [0.25, 0.3) is 11.8 Å². The van der Waals surface area contributed by atoms with Crippen molar-refractivity contribution in [2.75, 3.05) is 24.1 Å². The lowest BCUT2D eigenvalue weighted by Gasteiger charge is -2.33. The lowest BCUT2D eigenvalue weighted by molar-refractivity contribution is -0.140. The number of hydrogen-bond acceptors (Lipinski definition) is 6. The Morgan fingerprint density at radius 1 is 1.02 bits per heavy atom. The molecular weight excluding hydrogens is 547 g/mol. The van der Waals surface area contributed by atoms with Gasteiger partial charge in [-0.15, -0.1) is 0 Å². The molecule has 2 aliphatic rings. The average molecular weight is 576 g/mol. The minimum Gasteiger partial charge on any atom is -0.382 e. The van der Waals surface area contributed by atoms with Crippen molar-refractivity contribution in [2.45, 2.75) is 43.7 Å². The SMILES string of the molecule is C=C(C(=O)N1CCC[C@@H](c2nc(-c3ccc(C(=O)Nc4cc(C5CC5)ccn4)cc3)c3c(N)nccn23)C1)C(F)(F)F. The molecule has 4 aromatic rings. The number of pyridine rings is 1. The van der Waals surface area contributed by atoms with Crippen LogP contribution in [0.5, 0.6) is 0 Å². The first-order chi connectivity index (χ1) is 20.1. The Hall–Kier alpha value is -4.74. The van der Waals surface area contributed by atoms with E-state index in [1.165, 1.54) is 16.7 Å². The molecule has 1 aliphatic heterocycles. The van der Waals surface area contributed by atoms with E-state index in [0.29, 0.717) is 52.7 Å². The van der Waals surface area contributed by atoms with Crippen molar-refractivity contribution < 1.29 is 22.8 Å². The molecule has 2 amide bonds. The molecule has 3 aromatic heterocycles. The summed E-state index contributed by atoms with van der Waals surface area (Å²) in [6.07, 6.45) is 3.54. The summed E-state index contributed by atoms with van der Waals surface area (Å²) in [5, 5.41) is 2.85. The van der Waals surface area contributed by atoms with Gasteiger partial charge in [0.1, 0.15) is 34.2 Å². The number of rotatable bonds is 6. The van der Waals surface area contributed by atoms with Gasteiger partial charge in [0, 0.05) is 48.7 Å². The molecule has 6 rings (SSSR count). The molecule has 1 saturated carbocycles. The highest BCUT2D eigenvalue weighted by molar-refractivity contribution is 6.04. The van der Waals surface area contributed by atoms with Crippen LogP contribution < -0.4 is 11.1 Å². The van der Waals surface area contributed by atoms with Crippen LogP contribution in [0.2, 0.25) is 0 Å². The number of imidazole rings is 1. The Labute approximate surface area is 239 Å². The minimum atomic E-state index is -4.79. The highest BCUT2D eigenvalue weighted by Crippen LogP contribution is 2.40. The second kappa shape index (κ2) is 10.6. The van der Waals surface area contributed by atoms with Crippen LogP contribution in [-0.4, -0.2) is 55.3 Å². The highest BCUT2D eigenvalue weighted by atomic mass is 19.4. The van der Waals surface area contributed by atoms with Gasteiger partial charge in [0.05, 0.1) is 0 Å². The number of benzene rings is 1. The van der Waals surface area contributed by atoms with Crippen molar-refractivity contribution in [3.05, 3.63) is 84.1 Å². The molecule has 0 bridgehead atoms. The normalized spacial score (nSPS) is 17.3. The number of carbonyl (C=O) groups is 2. The molecule has 0 radical (unpaired) electrons. The van der Waals surface area contributed by atoms with E-state index < -0.39 is 17.7 Å². The number of aromatic nitrogens is 4. The average Bonchev–Trinajstić information content (AvgIpc) is 3.76. The fourth-order valence-corrected chi connectivity index (χ4v) is 5.41. The maximum atomic E-state index is 13.1. The van der Waals surface area contributed by atoms with Crippen LogP contribution in [0.25, 0.3) is 16.8 Å². The summed E-state index contributed by atoms with van der Waals surface area (Å²) in [6, 6.07) is 10.7. The molecule has 0 spiro atoms. The van der Waals surface area contributed by atoms with Crippen LogP contribution in [0, 0.1) is 0 Å². The Balaban J connectivity index is 1.26. The van der Waals surface area contributed by atoms with E-state index in [2.05, 4.69) is 21.9 Å². The van der Waals surface area contributed by atoms with Crippen molar-refractivity contribution >= 4 is 29.0 Å². The smallest absolute Gasteiger partial charge is 0.382 e. The number of halogens is 3. The Morgan fingerprint density at radius 2 is 1.79 bits per heavy atom. The third-order valence-corrected chi connectivity index (χ3v) is 7.78. The standard InChI is InChI=1S/C30H28F3N7O2/c1-17(30(31,32)33)29(42)39-13-2-3-22(16-39)27-38-24(25-26(34)36-12-14-40(25)27)19-6-8-20(9-7-19)28(41)37-23-15-21(10-11-35-23)18-4-5-18/h6-12,14-15,18,22H,1-5,13,16H2,(H2,34,36)(H,35,37,41)/t22-/m1/s1. The van der Waals surface area contributed by atoms with E-state index in [4.69, 9.17) is 10.7 Å². The van der Waals surface area contributed by atoms with Gasteiger partial charge in [-0.3, -0.25) is 14.0 Å². The van der Waals surface area contributed by atoms with E-state index >= 15 is 0 Å². The number of nitrogens with two attached hydrogens (primary N) is 1. The zero-order valence-corrected chi connectivity index (χ0v) is 22.6. The summed E-state index contributed by atoms with van der Waals surface area (Å²) in [6.45, 7) is 3.23. The fraction of sp³-hybridized carbons (Fsp3) is 0.300. The number of alkyl halides is 3. The van der Waals surface area contributed by atoms with Gasteiger partial charge in [-0.2, -0.15) is 13.2 Å². The largest absolute Gasteiger partial charge is 0.421 e. The Bertz CT molecular complexity index is 1690. The van der Waals surface area contributed by atoms with Crippen molar-refractivity contribution in [2.24, 2.45) is 0 Å². The van der Waals surface area contributed by atoms with Gasteiger partial charge in [0.2, 0.25) is 0 Å². The van der Waals surface area contributed by atoms with Crippen LogP contribution in [0.4, 0.5) is 24.8 Å². The van der Waals surface area contributed by atoms with Gasteiger partial charge in [0.15, 0.2) is 0 Å². The van der Waals surface area contributed by atoms with Gasteiger partial charge >= 0.3 is 6.18 Å². The summed E-state index contributed by atoms with van der Waals surface area (Å²) in [5.74, 6) is 0.0583. The third-order valence-electron chi connectivity index (χ3n) is 7.78. The number of amides is 2. The number of nitrogens with one attached hydrogen (secondary N) is 1. The first-order valence-electron chi connectivity index (χ1n) is 13.7. The number of hydrogen-bond donors (Lipinski definition) is 2. The zero-order valence-electron chi connectivity index (χ0n) is 22.6. The molecular formula is C30H28F3N7O2. The number of nitrogen functional groups attached to an aromatic ring is 1. The van der Waals surface area contributed by atoms with E-state index in [9.17, 15) is 22.8 Å². The number of likely N-dealkylation sites (tertiary alicyclic amines) is 1. The molecule has 12 heteroatoms. The van der Waals surface area contributed by atoms with Crippen molar-refractivity contribution in [3.63, 3.8) is 0 Å². The van der Waals surface area contributed by atoms with Gasteiger partial charge in [-0.25, -0.2) is 15.0 Å². The summed E-state index contributed by atoms with van der Waals surface area (Å²) < 4.78 is 41.2. The zero-order chi connectivity index (χ0) is 29.6. The van der Waals surface area contributed by atoms with Gasteiger partial charge < -0.3 is 16.0 Å². The van der Waals surface area contributed by atoms with E-state index in [1.807, 2.05) is 12.1 Å². The second-order valence-corrected chi connectivity index (χ2v) is 10.7. The van der Waals surface area contributed by atoms with Crippen LogP contribution in [-0.2, 0) is 4.79 Å². The van der Waals surface area contributed by atoms with Crippen molar-refractivity contribution in [1.82, 2.24) is 24.3 Å². The molecule has 9 nitrogen and oxygen atoms in total.